The van der Waals surface area contributed by atoms with Gasteiger partial charge in [0, 0.05) is 19.1 Å². The number of carboxylic acids is 1. The number of hydrogen-bond acceptors (Lipinski definition) is 4. The topological polar surface area (TPSA) is 55.8 Å². The minimum absolute atomic E-state index is 0.430. The molecule has 0 saturated heterocycles. The molecule has 0 fully saturated rings. The third-order valence-corrected chi connectivity index (χ3v) is 3.60. The monoisotopic (exact) mass is 273 g/mol. The first-order valence-electron chi connectivity index (χ1n) is 7.14. The molecule has 0 aromatic carbocycles. The van der Waals surface area contributed by atoms with Crippen LogP contribution in [0, 0.1) is 0 Å². The second-order valence-electron chi connectivity index (χ2n) is 5.66. The Balaban J connectivity index is 4.50. The summed E-state index contributed by atoms with van der Waals surface area (Å²) in [7, 11) is 4.12. The van der Waals surface area contributed by atoms with Gasteiger partial charge in [-0.15, -0.1) is 0 Å². The standard InChI is InChI=1S/C14H31N3O2/c1-7-15-14(4,13(18)19)9-10-17(8-2)12(3)11-16(5)6/h12,15H,7-11H2,1-6H3,(H,18,19). The summed E-state index contributed by atoms with van der Waals surface area (Å²) in [5.74, 6) is -0.773. The number of nitrogens with one attached hydrogen (secondary N) is 1. The Hall–Kier alpha value is -0.650. The van der Waals surface area contributed by atoms with Gasteiger partial charge in [-0.05, 0) is 47.5 Å². The zero-order chi connectivity index (χ0) is 15.1. The second kappa shape index (κ2) is 8.51. The second-order valence-corrected chi connectivity index (χ2v) is 5.66. The van der Waals surface area contributed by atoms with E-state index < -0.39 is 11.5 Å². The number of carbonyl (C=O) groups is 1. The van der Waals surface area contributed by atoms with E-state index in [1.807, 2.05) is 6.92 Å². The van der Waals surface area contributed by atoms with Gasteiger partial charge in [0.25, 0.3) is 0 Å². The summed E-state index contributed by atoms with van der Waals surface area (Å²) in [4.78, 5) is 15.9. The highest BCUT2D eigenvalue weighted by Gasteiger charge is 2.32. The lowest BCUT2D eigenvalue weighted by Crippen LogP contribution is -2.52. The van der Waals surface area contributed by atoms with E-state index in [1.54, 1.807) is 6.92 Å². The summed E-state index contributed by atoms with van der Waals surface area (Å²) >= 11 is 0. The summed E-state index contributed by atoms with van der Waals surface area (Å²) in [6.07, 6.45) is 0.613. The van der Waals surface area contributed by atoms with Gasteiger partial charge in [0.2, 0.25) is 0 Å². The number of carboxylic acid groups (broad SMARTS) is 1. The van der Waals surface area contributed by atoms with E-state index in [1.165, 1.54) is 0 Å². The predicted octanol–water partition coefficient (Wildman–Crippen LogP) is 1.10. The SMILES string of the molecule is CCNC(C)(CCN(CC)C(C)CN(C)C)C(=O)O. The highest BCUT2D eigenvalue weighted by Crippen LogP contribution is 2.12. The first-order valence-corrected chi connectivity index (χ1v) is 7.14. The molecule has 0 rings (SSSR count). The van der Waals surface area contributed by atoms with Crippen LogP contribution in [0.3, 0.4) is 0 Å². The fourth-order valence-electron chi connectivity index (χ4n) is 2.36. The Morgan fingerprint density at radius 3 is 2.32 bits per heavy atom. The van der Waals surface area contributed by atoms with Crippen molar-refractivity contribution in [3.63, 3.8) is 0 Å². The molecule has 2 unspecified atom stereocenters. The minimum Gasteiger partial charge on any atom is -0.480 e. The van der Waals surface area contributed by atoms with Crippen LogP contribution in [0.1, 0.15) is 34.1 Å². The van der Waals surface area contributed by atoms with Gasteiger partial charge < -0.3 is 15.3 Å². The van der Waals surface area contributed by atoms with E-state index in [9.17, 15) is 9.90 Å². The van der Waals surface area contributed by atoms with Crippen molar-refractivity contribution in [1.82, 2.24) is 15.1 Å². The van der Waals surface area contributed by atoms with Crippen molar-refractivity contribution >= 4 is 5.97 Å². The Bertz CT molecular complexity index is 271. The number of hydrogen-bond donors (Lipinski definition) is 2. The maximum Gasteiger partial charge on any atom is 0.323 e. The first-order chi connectivity index (χ1) is 8.76. The molecule has 0 aromatic heterocycles. The van der Waals surface area contributed by atoms with E-state index in [-0.39, 0.29) is 0 Å². The molecule has 0 spiro atoms. The molecule has 19 heavy (non-hydrogen) atoms. The lowest BCUT2D eigenvalue weighted by atomic mass is 9.97. The van der Waals surface area contributed by atoms with E-state index in [0.717, 1.165) is 19.6 Å². The van der Waals surface area contributed by atoms with Gasteiger partial charge in [0.15, 0.2) is 0 Å². The van der Waals surface area contributed by atoms with Gasteiger partial charge >= 0.3 is 5.97 Å². The molecule has 0 saturated carbocycles. The minimum atomic E-state index is -0.833. The molecule has 5 nitrogen and oxygen atoms in total. The molecule has 0 aromatic rings. The Morgan fingerprint density at radius 2 is 1.95 bits per heavy atom. The van der Waals surface area contributed by atoms with Crippen molar-refractivity contribution in [2.75, 3.05) is 40.3 Å². The third-order valence-electron chi connectivity index (χ3n) is 3.60. The molecule has 114 valence electrons. The number of rotatable bonds is 10. The maximum absolute atomic E-state index is 11.4. The average molecular weight is 273 g/mol. The predicted molar refractivity (Wildman–Crippen MR) is 79.6 cm³/mol. The summed E-state index contributed by atoms with van der Waals surface area (Å²) < 4.78 is 0. The van der Waals surface area contributed by atoms with E-state index >= 15 is 0 Å². The van der Waals surface area contributed by atoms with Crippen LogP contribution in [0.2, 0.25) is 0 Å². The normalized spacial score (nSPS) is 16.6. The summed E-state index contributed by atoms with van der Waals surface area (Å²) in [5.41, 5.74) is -0.833. The van der Waals surface area contributed by atoms with Crippen LogP contribution in [-0.4, -0.2) is 72.7 Å². The van der Waals surface area contributed by atoms with E-state index in [2.05, 4.69) is 43.1 Å². The zero-order valence-corrected chi connectivity index (χ0v) is 13.4. The van der Waals surface area contributed by atoms with Crippen LogP contribution in [0.15, 0.2) is 0 Å². The zero-order valence-electron chi connectivity index (χ0n) is 13.4. The van der Waals surface area contributed by atoms with Gasteiger partial charge in [-0.3, -0.25) is 9.69 Å². The van der Waals surface area contributed by atoms with Crippen LogP contribution in [0.5, 0.6) is 0 Å². The molecule has 0 aliphatic heterocycles. The smallest absolute Gasteiger partial charge is 0.323 e. The van der Waals surface area contributed by atoms with Crippen LogP contribution < -0.4 is 5.32 Å². The molecule has 0 aliphatic rings. The lowest BCUT2D eigenvalue weighted by Gasteiger charge is -2.33. The Kier molecular flexibility index (Phi) is 8.22. The van der Waals surface area contributed by atoms with Crippen molar-refractivity contribution in [2.24, 2.45) is 0 Å². The molecule has 5 heteroatoms. The number of nitrogens with zero attached hydrogens (tertiary/aromatic N) is 2. The molecule has 0 heterocycles. The molecule has 0 amide bonds. The largest absolute Gasteiger partial charge is 0.480 e. The van der Waals surface area contributed by atoms with Crippen molar-refractivity contribution in [3.05, 3.63) is 0 Å². The van der Waals surface area contributed by atoms with Gasteiger partial charge in [-0.25, -0.2) is 0 Å². The molecule has 0 aliphatic carbocycles. The van der Waals surface area contributed by atoms with Gasteiger partial charge in [-0.1, -0.05) is 13.8 Å². The molecule has 2 atom stereocenters. The van der Waals surface area contributed by atoms with E-state index in [0.29, 0.717) is 19.0 Å². The van der Waals surface area contributed by atoms with Crippen LogP contribution in [0.4, 0.5) is 0 Å². The number of aliphatic carboxylic acids is 1. The van der Waals surface area contributed by atoms with Crippen molar-refractivity contribution in [3.8, 4) is 0 Å². The lowest BCUT2D eigenvalue weighted by molar-refractivity contribution is -0.144. The van der Waals surface area contributed by atoms with Crippen LogP contribution >= 0.6 is 0 Å². The van der Waals surface area contributed by atoms with Crippen molar-refractivity contribution in [1.29, 1.82) is 0 Å². The van der Waals surface area contributed by atoms with Crippen molar-refractivity contribution < 1.29 is 9.90 Å². The van der Waals surface area contributed by atoms with Crippen LogP contribution in [0.25, 0.3) is 0 Å². The third kappa shape index (κ3) is 6.36. The Morgan fingerprint density at radius 1 is 1.37 bits per heavy atom. The maximum atomic E-state index is 11.4. The summed E-state index contributed by atoms with van der Waals surface area (Å²) in [5, 5.41) is 12.4. The molecular formula is C14H31N3O2. The first kappa shape index (κ1) is 18.4. The fourth-order valence-corrected chi connectivity index (χ4v) is 2.36. The summed E-state index contributed by atoms with van der Waals surface area (Å²) in [6, 6.07) is 0.430. The highest BCUT2D eigenvalue weighted by atomic mass is 16.4. The molecule has 2 N–H and O–H groups in total. The molecule has 0 radical (unpaired) electrons. The molecular weight excluding hydrogens is 242 g/mol. The van der Waals surface area contributed by atoms with Crippen molar-refractivity contribution in [2.45, 2.75) is 45.7 Å². The quantitative estimate of drug-likeness (QED) is 0.624. The Labute approximate surface area is 118 Å². The van der Waals surface area contributed by atoms with Gasteiger partial charge in [-0.2, -0.15) is 0 Å². The van der Waals surface area contributed by atoms with Crippen LogP contribution in [-0.2, 0) is 4.79 Å². The van der Waals surface area contributed by atoms with Gasteiger partial charge in [0.05, 0.1) is 0 Å². The highest BCUT2D eigenvalue weighted by molar-refractivity contribution is 5.78. The van der Waals surface area contributed by atoms with Gasteiger partial charge in [0.1, 0.15) is 5.54 Å². The average Bonchev–Trinajstić information content (AvgIpc) is 2.28. The summed E-state index contributed by atoms with van der Waals surface area (Å²) in [6.45, 7) is 11.4. The fraction of sp³-hybridized carbons (Fsp3) is 0.929. The molecule has 0 bridgehead atoms. The van der Waals surface area contributed by atoms with E-state index in [4.69, 9.17) is 0 Å². The number of likely N-dealkylation sites (N-methyl/N-ethyl adjacent to an activating group) is 3.